The molecule has 2 rings (SSSR count). The van der Waals surface area contributed by atoms with Crippen molar-refractivity contribution in [2.75, 3.05) is 13.7 Å². The van der Waals surface area contributed by atoms with Gasteiger partial charge in [0, 0.05) is 11.6 Å². The Morgan fingerprint density at radius 3 is 2.58 bits per heavy atom. The molecule has 0 aliphatic carbocycles. The van der Waals surface area contributed by atoms with E-state index in [1.54, 1.807) is 38.3 Å². The van der Waals surface area contributed by atoms with Crippen molar-refractivity contribution in [3.8, 4) is 11.5 Å². The monoisotopic (exact) mass is 348 g/mol. The minimum Gasteiger partial charge on any atom is -0.496 e. The molecule has 0 saturated heterocycles. The number of hydrogen-bond acceptors (Lipinski definition) is 3. The normalized spacial score (nSPS) is 11.5. The van der Waals surface area contributed by atoms with Crippen LogP contribution in [0, 0.1) is 0 Å². The Balaban J connectivity index is 1.73. The number of nitrogens with one attached hydrogen (secondary N) is 2. The standard InChI is InChI=1S/C18H21ClN2O3/c1-13(24-16-9-7-15(19)8-10-16)21-18(22)20-12-11-14-5-3-4-6-17(14)23-2/h3-10,13H,11-12H2,1-2H3,(H2,20,21,22). The first-order valence-corrected chi connectivity index (χ1v) is 8.05. The fourth-order valence-corrected chi connectivity index (χ4v) is 2.33. The van der Waals surface area contributed by atoms with Gasteiger partial charge in [-0.2, -0.15) is 0 Å². The molecule has 1 unspecified atom stereocenters. The first-order valence-electron chi connectivity index (χ1n) is 7.67. The lowest BCUT2D eigenvalue weighted by Crippen LogP contribution is -2.43. The number of amides is 2. The average Bonchev–Trinajstić information content (AvgIpc) is 2.57. The summed E-state index contributed by atoms with van der Waals surface area (Å²) < 4.78 is 10.9. The second-order valence-corrected chi connectivity index (χ2v) is 5.61. The highest BCUT2D eigenvalue weighted by Crippen LogP contribution is 2.17. The van der Waals surface area contributed by atoms with Crippen LogP contribution in [0.2, 0.25) is 5.02 Å². The molecule has 0 radical (unpaired) electrons. The predicted molar refractivity (Wildman–Crippen MR) is 94.8 cm³/mol. The third-order valence-corrected chi connectivity index (χ3v) is 3.59. The Kier molecular flexibility index (Phi) is 6.75. The summed E-state index contributed by atoms with van der Waals surface area (Å²) in [5.74, 6) is 1.46. The van der Waals surface area contributed by atoms with Gasteiger partial charge in [0.2, 0.25) is 0 Å². The third kappa shape index (κ3) is 5.66. The molecule has 0 aliphatic rings. The second kappa shape index (κ2) is 9.03. The van der Waals surface area contributed by atoms with E-state index in [4.69, 9.17) is 21.1 Å². The van der Waals surface area contributed by atoms with Crippen LogP contribution < -0.4 is 20.1 Å². The van der Waals surface area contributed by atoms with Crippen LogP contribution in [-0.2, 0) is 6.42 Å². The molecule has 128 valence electrons. The summed E-state index contributed by atoms with van der Waals surface area (Å²) in [6, 6.07) is 14.4. The number of urea groups is 1. The lowest BCUT2D eigenvalue weighted by atomic mass is 10.1. The number of para-hydroxylation sites is 1. The molecule has 2 aromatic rings. The lowest BCUT2D eigenvalue weighted by Gasteiger charge is -2.17. The van der Waals surface area contributed by atoms with E-state index in [-0.39, 0.29) is 6.03 Å². The zero-order valence-corrected chi connectivity index (χ0v) is 14.5. The first-order chi connectivity index (χ1) is 11.6. The number of carbonyl (C=O) groups is 1. The number of ether oxygens (including phenoxy) is 2. The maximum Gasteiger partial charge on any atom is 0.317 e. The van der Waals surface area contributed by atoms with E-state index in [0.29, 0.717) is 23.7 Å². The van der Waals surface area contributed by atoms with Crippen molar-refractivity contribution in [2.45, 2.75) is 19.6 Å². The summed E-state index contributed by atoms with van der Waals surface area (Å²) in [5, 5.41) is 6.16. The maximum absolute atomic E-state index is 11.9. The molecule has 5 nitrogen and oxygen atoms in total. The predicted octanol–water partition coefficient (Wildman–Crippen LogP) is 3.62. The van der Waals surface area contributed by atoms with Crippen LogP contribution in [0.15, 0.2) is 48.5 Å². The summed E-state index contributed by atoms with van der Waals surface area (Å²) in [4.78, 5) is 11.9. The van der Waals surface area contributed by atoms with Crippen molar-refractivity contribution in [2.24, 2.45) is 0 Å². The Morgan fingerprint density at radius 1 is 1.17 bits per heavy atom. The van der Waals surface area contributed by atoms with E-state index in [2.05, 4.69) is 10.6 Å². The minimum atomic E-state index is -0.461. The van der Waals surface area contributed by atoms with Crippen molar-refractivity contribution >= 4 is 17.6 Å². The molecule has 2 aromatic carbocycles. The van der Waals surface area contributed by atoms with Gasteiger partial charge >= 0.3 is 6.03 Å². The molecule has 2 N–H and O–H groups in total. The number of rotatable bonds is 7. The smallest absolute Gasteiger partial charge is 0.317 e. The number of hydrogen-bond donors (Lipinski definition) is 2. The SMILES string of the molecule is COc1ccccc1CCNC(=O)NC(C)Oc1ccc(Cl)cc1. The van der Waals surface area contributed by atoms with Gasteiger partial charge in [0.05, 0.1) is 7.11 Å². The van der Waals surface area contributed by atoms with Gasteiger partial charge in [-0.1, -0.05) is 29.8 Å². The molecular formula is C18H21ClN2O3. The van der Waals surface area contributed by atoms with Crippen molar-refractivity contribution in [1.82, 2.24) is 10.6 Å². The molecule has 0 bridgehead atoms. The average molecular weight is 349 g/mol. The van der Waals surface area contributed by atoms with Crippen molar-refractivity contribution in [3.05, 3.63) is 59.1 Å². The van der Waals surface area contributed by atoms with Gasteiger partial charge in [0.1, 0.15) is 11.5 Å². The fraction of sp³-hybridized carbons (Fsp3) is 0.278. The molecule has 1 atom stereocenters. The number of halogens is 1. The molecule has 0 aliphatic heterocycles. The van der Waals surface area contributed by atoms with E-state index in [1.165, 1.54) is 0 Å². The van der Waals surface area contributed by atoms with Gasteiger partial charge in [-0.25, -0.2) is 4.79 Å². The van der Waals surface area contributed by atoms with Crippen molar-refractivity contribution < 1.29 is 14.3 Å². The molecular weight excluding hydrogens is 328 g/mol. The summed E-state index contributed by atoms with van der Waals surface area (Å²) >= 11 is 5.82. The quantitative estimate of drug-likeness (QED) is 0.751. The number of carbonyl (C=O) groups excluding carboxylic acids is 1. The fourth-order valence-electron chi connectivity index (χ4n) is 2.20. The van der Waals surface area contributed by atoms with E-state index >= 15 is 0 Å². The largest absolute Gasteiger partial charge is 0.496 e. The van der Waals surface area contributed by atoms with Crippen LogP contribution >= 0.6 is 11.6 Å². The molecule has 0 heterocycles. The summed E-state index contributed by atoms with van der Waals surface area (Å²) in [6.07, 6.45) is 0.224. The van der Waals surface area contributed by atoms with Crippen LogP contribution in [0.1, 0.15) is 12.5 Å². The second-order valence-electron chi connectivity index (χ2n) is 5.18. The Bertz CT molecular complexity index is 662. The molecule has 0 aromatic heterocycles. The van der Waals surface area contributed by atoms with Gasteiger partial charge in [-0.3, -0.25) is 0 Å². The summed E-state index contributed by atoms with van der Waals surface area (Å²) in [6.45, 7) is 2.26. The van der Waals surface area contributed by atoms with Gasteiger partial charge in [-0.05, 0) is 49.2 Å². The molecule has 6 heteroatoms. The van der Waals surface area contributed by atoms with Crippen LogP contribution in [0.3, 0.4) is 0 Å². The zero-order chi connectivity index (χ0) is 17.4. The van der Waals surface area contributed by atoms with Crippen LogP contribution in [0.4, 0.5) is 4.79 Å². The van der Waals surface area contributed by atoms with E-state index < -0.39 is 6.23 Å². The Hall–Kier alpha value is -2.40. The highest BCUT2D eigenvalue weighted by molar-refractivity contribution is 6.30. The maximum atomic E-state index is 11.9. The third-order valence-electron chi connectivity index (χ3n) is 3.33. The highest BCUT2D eigenvalue weighted by Gasteiger charge is 2.08. The van der Waals surface area contributed by atoms with E-state index in [0.717, 1.165) is 11.3 Å². The first kappa shape index (κ1) is 17.9. The highest BCUT2D eigenvalue weighted by atomic mass is 35.5. The van der Waals surface area contributed by atoms with Crippen LogP contribution in [0.25, 0.3) is 0 Å². The zero-order valence-electron chi connectivity index (χ0n) is 13.7. The number of methoxy groups -OCH3 is 1. The van der Waals surface area contributed by atoms with Gasteiger partial charge < -0.3 is 20.1 Å². The summed E-state index contributed by atoms with van der Waals surface area (Å²) in [5.41, 5.74) is 1.05. The van der Waals surface area contributed by atoms with Gasteiger partial charge in [0.25, 0.3) is 0 Å². The topological polar surface area (TPSA) is 59.6 Å². The van der Waals surface area contributed by atoms with Crippen LogP contribution in [0.5, 0.6) is 11.5 Å². The number of benzene rings is 2. The van der Waals surface area contributed by atoms with Gasteiger partial charge in [-0.15, -0.1) is 0 Å². The molecule has 2 amide bonds. The lowest BCUT2D eigenvalue weighted by molar-refractivity contribution is 0.177. The summed E-state index contributed by atoms with van der Waals surface area (Å²) in [7, 11) is 1.63. The van der Waals surface area contributed by atoms with Crippen molar-refractivity contribution in [3.63, 3.8) is 0 Å². The Morgan fingerprint density at radius 2 is 1.88 bits per heavy atom. The molecule has 24 heavy (non-hydrogen) atoms. The van der Waals surface area contributed by atoms with Crippen LogP contribution in [-0.4, -0.2) is 25.9 Å². The van der Waals surface area contributed by atoms with Gasteiger partial charge in [0.15, 0.2) is 6.23 Å². The molecule has 0 fully saturated rings. The van der Waals surface area contributed by atoms with E-state index in [1.807, 2.05) is 24.3 Å². The minimum absolute atomic E-state index is 0.286. The van der Waals surface area contributed by atoms with E-state index in [9.17, 15) is 4.79 Å². The van der Waals surface area contributed by atoms with Crippen molar-refractivity contribution in [1.29, 1.82) is 0 Å². The Labute approximate surface area is 146 Å². The molecule has 0 saturated carbocycles. The molecule has 0 spiro atoms.